The van der Waals surface area contributed by atoms with E-state index in [1.165, 1.54) is 6.07 Å². The Morgan fingerprint density at radius 1 is 1.12 bits per heavy atom. The fourth-order valence-electron chi connectivity index (χ4n) is 1.79. The highest BCUT2D eigenvalue weighted by atomic mass is 19.5. The summed E-state index contributed by atoms with van der Waals surface area (Å²) in [6, 6.07) is 14.2. The molecule has 0 atom stereocenters. The molecule has 0 spiro atoms. The number of ether oxygens (including phenoxy) is 2. The second kappa shape index (κ2) is 10.0. The molecular weight excluding hydrogens is 355 g/mol. The van der Waals surface area contributed by atoms with E-state index in [1.54, 1.807) is 19.1 Å². The lowest BCUT2D eigenvalue weighted by Crippen LogP contribution is -2.04. The predicted octanol–water partition coefficient (Wildman–Crippen LogP) is 5.23. The van der Waals surface area contributed by atoms with Gasteiger partial charge in [-0.1, -0.05) is 30.3 Å². The summed E-state index contributed by atoms with van der Waals surface area (Å²) in [6.45, 7) is 2.37. The monoisotopic (exact) mass is 370 g/mol. The Morgan fingerprint density at radius 3 is 2.27 bits per heavy atom. The third-order valence-corrected chi connectivity index (χ3v) is 2.81. The van der Waals surface area contributed by atoms with Crippen molar-refractivity contribution in [2.45, 2.75) is 13.5 Å². The first kappa shape index (κ1) is 21.0. The molecule has 0 N–H and O–H groups in total. The van der Waals surface area contributed by atoms with Gasteiger partial charge in [0.1, 0.15) is 6.61 Å². The van der Waals surface area contributed by atoms with Gasteiger partial charge in [-0.2, -0.15) is 0 Å². The van der Waals surface area contributed by atoms with Crippen molar-refractivity contribution in [1.29, 1.82) is 5.39 Å². The molecular formula is C16H15BF4N2O3. The topological polar surface area (TPSA) is 63.7 Å². The molecule has 0 fully saturated rings. The lowest BCUT2D eigenvalue weighted by molar-refractivity contribution is 0.0526. The summed E-state index contributed by atoms with van der Waals surface area (Å²) in [7, 11) is -6.00. The Morgan fingerprint density at radius 2 is 1.73 bits per heavy atom. The van der Waals surface area contributed by atoms with E-state index in [0.29, 0.717) is 17.9 Å². The average molecular weight is 370 g/mol. The van der Waals surface area contributed by atoms with E-state index in [-0.39, 0.29) is 12.3 Å². The highest BCUT2D eigenvalue weighted by molar-refractivity contribution is 6.50. The standard InChI is InChI=1S/C16H15N2O3.BF4/c1-2-20-16(19)13-8-9-15(14(10-13)18-17)21-11-12-6-4-3-5-7-12;2-1(3,4)5/h3-10H,2,11H2,1H3;/q+1;-1. The van der Waals surface area contributed by atoms with Gasteiger partial charge in [-0.3, -0.25) is 0 Å². The summed E-state index contributed by atoms with van der Waals surface area (Å²) in [5.41, 5.74) is 1.50. The summed E-state index contributed by atoms with van der Waals surface area (Å²) < 4.78 is 49.5. The summed E-state index contributed by atoms with van der Waals surface area (Å²) >= 11 is 0. The van der Waals surface area contributed by atoms with Gasteiger partial charge in [0.2, 0.25) is 11.1 Å². The molecule has 10 heteroatoms. The van der Waals surface area contributed by atoms with E-state index in [0.717, 1.165) is 5.56 Å². The second-order valence-electron chi connectivity index (χ2n) is 4.77. The number of esters is 1. The molecule has 0 aliphatic rings. The quantitative estimate of drug-likeness (QED) is 0.313. The molecule has 0 amide bonds. The van der Waals surface area contributed by atoms with Crippen molar-refractivity contribution in [2.24, 2.45) is 0 Å². The van der Waals surface area contributed by atoms with Crippen molar-refractivity contribution >= 4 is 18.9 Å². The van der Waals surface area contributed by atoms with Crippen LogP contribution in [-0.2, 0) is 11.3 Å². The lowest BCUT2D eigenvalue weighted by Gasteiger charge is -2.05. The van der Waals surface area contributed by atoms with E-state index in [1.807, 2.05) is 30.3 Å². The molecule has 0 saturated carbocycles. The molecule has 0 aliphatic heterocycles. The second-order valence-corrected chi connectivity index (χ2v) is 4.77. The number of carbonyl (C=O) groups is 1. The van der Waals surface area contributed by atoms with Crippen LogP contribution in [0.5, 0.6) is 5.75 Å². The van der Waals surface area contributed by atoms with Crippen molar-refractivity contribution < 1.29 is 31.5 Å². The van der Waals surface area contributed by atoms with Crippen LogP contribution in [0.3, 0.4) is 0 Å². The minimum absolute atomic E-state index is 0.191. The van der Waals surface area contributed by atoms with Gasteiger partial charge in [0, 0.05) is 0 Å². The van der Waals surface area contributed by atoms with Crippen LogP contribution in [0, 0.1) is 5.39 Å². The third kappa shape index (κ3) is 8.14. The minimum Gasteiger partial charge on any atom is -0.481 e. The first-order chi connectivity index (χ1) is 12.2. The number of rotatable bonds is 5. The smallest absolute Gasteiger partial charge is 0.481 e. The number of nitrogens with zero attached hydrogens (tertiary/aromatic N) is 2. The molecule has 2 aromatic rings. The zero-order valence-electron chi connectivity index (χ0n) is 13.7. The van der Waals surface area contributed by atoms with Crippen LogP contribution < -0.4 is 4.74 Å². The van der Waals surface area contributed by atoms with Crippen LogP contribution in [0.25, 0.3) is 4.98 Å². The van der Waals surface area contributed by atoms with Gasteiger partial charge in [0.05, 0.1) is 18.2 Å². The van der Waals surface area contributed by atoms with Crippen LogP contribution in [0.15, 0.2) is 48.5 Å². The van der Waals surface area contributed by atoms with Gasteiger partial charge in [-0.15, -0.1) is 0 Å². The molecule has 0 aromatic heterocycles. The molecule has 26 heavy (non-hydrogen) atoms. The van der Waals surface area contributed by atoms with Gasteiger partial charge < -0.3 is 26.7 Å². The van der Waals surface area contributed by atoms with E-state index in [9.17, 15) is 22.1 Å². The number of hydrogen-bond acceptors (Lipinski definition) is 4. The maximum atomic E-state index is 11.6. The van der Waals surface area contributed by atoms with Crippen molar-refractivity contribution in [3.63, 3.8) is 0 Å². The van der Waals surface area contributed by atoms with Crippen molar-refractivity contribution in [3.8, 4) is 5.75 Å². The number of diazo groups is 1. The Hall–Kier alpha value is -3.09. The van der Waals surface area contributed by atoms with Crippen LogP contribution >= 0.6 is 0 Å². The van der Waals surface area contributed by atoms with E-state index >= 15 is 0 Å². The largest absolute Gasteiger partial charge is 0.673 e. The zero-order valence-corrected chi connectivity index (χ0v) is 13.7. The first-order valence-corrected chi connectivity index (χ1v) is 7.45. The Kier molecular flexibility index (Phi) is 8.09. The predicted molar refractivity (Wildman–Crippen MR) is 88.1 cm³/mol. The zero-order chi connectivity index (χ0) is 19.6. The number of benzene rings is 2. The van der Waals surface area contributed by atoms with Crippen LogP contribution in [0.2, 0.25) is 0 Å². The molecule has 0 saturated heterocycles. The molecule has 0 aliphatic carbocycles. The summed E-state index contributed by atoms with van der Waals surface area (Å²) in [4.78, 5) is 14.8. The number of halogens is 4. The van der Waals surface area contributed by atoms with Crippen LogP contribution in [0.4, 0.5) is 23.0 Å². The van der Waals surface area contributed by atoms with Gasteiger partial charge in [0.25, 0.3) is 0 Å². The minimum atomic E-state index is -6.00. The Balaban J connectivity index is 0.000000597. The molecule has 5 nitrogen and oxygen atoms in total. The van der Waals surface area contributed by atoms with Gasteiger partial charge in [-0.25, -0.2) is 4.79 Å². The molecule has 0 heterocycles. The SMILES string of the molecule is CCOC(=O)c1ccc(OCc2ccccc2)c([N+]#N)c1.F[B-](F)(F)F. The number of hydrogen-bond donors (Lipinski definition) is 0. The first-order valence-electron chi connectivity index (χ1n) is 7.45. The molecule has 2 rings (SSSR count). The van der Waals surface area contributed by atoms with Gasteiger partial charge >= 0.3 is 18.9 Å². The maximum absolute atomic E-state index is 11.6. The fraction of sp³-hybridized carbons (Fsp3) is 0.188. The van der Waals surface area contributed by atoms with E-state index in [2.05, 4.69) is 4.98 Å². The van der Waals surface area contributed by atoms with Crippen molar-refractivity contribution in [1.82, 2.24) is 0 Å². The van der Waals surface area contributed by atoms with Gasteiger partial charge in [-0.05, 0) is 24.6 Å². The Labute approximate surface area is 147 Å². The van der Waals surface area contributed by atoms with Crippen LogP contribution in [-0.4, -0.2) is 19.8 Å². The van der Waals surface area contributed by atoms with E-state index in [4.69, 9.17) is 14.9 Å². The van der Waals surface area contributed by atoms with Crippen LogP contribution in [0.1, 0.15) is 22.8 Å². The molecule has 0 bridgehead atoms. The normalized spacial score (nSPS) is 10.2. The maximum Gasteiger partial charge on any atom is 0.673 e. The fourth-order valence-corrected chi connectivity index (χ4v) is 1.79. The van der Waals surface area contributed by atoms with E-state index < -0.39 is 13.2 Å². The van der Waals surface area contributed by atoms with Crippen molar-refractivity contribution in [2.75, 3.05) is 6.61 Å². The highest BCUT2D eigenvalue weighted by Crippen LogP contribution is 2.29. The average Bonchev–Trinajstić information content (AvgIpc) is 2.59. The summed E-state index contributed by atoms with van der Waals surface area (Å²) in [5.74, 6) is -0.0635. The van der Waals surface area contributed by atoms with Crippen molar-refractivity contribution in [3.05, 3.63) is 64.6 Å². The molecule has 0 unspecified atom stereocenters. The number of carbonyl (C=O) groups excluding carboxylic acids is 1. The lowest BCUT2D eigenvalue weighted by atomic mass is 10.2. The Bertz CT molecular complexity index is 758. The molecule has 0 radical (unpaired) electrons. The van der Waals surface area contributed by atoms with Gasteiger partial charge in [0.15, 0.2) is 4.98 Å². The molecule has 138 valence electrons. The third-order valence-electron chi connectivity index (χ3n) is 2.81. The molecule has 2 aromatic carbocycles. The summed E-state index contributed by atoms with van der Waals surface area (Å²) in [6.07, 6.45) is 0. The summed E-state index contributed by atoms with van der Waals surface area (Å²) in [5, 5.41) is 9.04. The highest BCUT2D eigenvalue weighted by Gasteiger charge is 2.21.